The average molecular weight is 412 g/mol. The molecule has 0 aliphatic carbocycles. The SMILES string of the molecule is CC(C)(C)OC(=O)NOC(=S)C(Cc1ccccc1)O[Si](C)(C)C(C)(C)C. The van der Waals surface area contributed by atoms with Gasteiger partial charge in [0.25, 0.3) is 0 Å². The van der Waals surface area contributed by atoms with Crippen molar-refractivity contribution in [2.45, 2.75) is 77.8 Å². The lowest BCUT2D eigenvalue weighted by atomic mass is 10.1. The number of nitrogens with one attached hydrogen (secondary N) is 1. The maximum atomic E-state index is 11.8. The second kappa shape index (κ2) is 9.17. The number of hydrogen-bond donors (Lipinski definition) is 1. The quantitative estimate of drug-likeness (QED) is 0.399. The second-order valence-corrected chi connectivity index (χ2v) is 14.2. The Bertz CT molecular complexity index is 636. The van der Waals surface area contributed by atoms with Gasteiger partial charge in [0.15, 0.2) is 8.32 Å². The zero-order chi connectivity index (χ0) is 20.9. The van der Waals surface area contributed by atoms with Crippen LogP contribution >= 0.6 is 12.2 Å². The smallest absolute Gasteiger partial charge is 0.441 e. The van der Waals surface area contributed by atoms with Crippen molar-refractivity contribution in [2.24, 2.45) is 0 Å². The van der Waals surface area contributed by atoms with E-state index in [0.29, 0.717) is 6.42 Å². The molecule has 152 valence electrons. The molecule has 0 aliphatic rings. The van der Waals surface area contributed by atoms with E-state index in [0.717, 1.165) is 5.56 Å². The molecule has 7 heteroatoms. The summed E-state index contributed by atoms with van der Waals surface area (Å²) in [6.45, 7) is 16.2. The summed E-state index contributed by atoms with van der Waals surface area (Å²) in [5.74, 6) is 0. The van der Waals surface area contributed by atoms with Crippen LogP contribution in [0.25, 0.3) is 0 Å². The van der Waals surface area contributed by atoms with Crippen molar-refractivity contribution in [3.05, 3.63) is 35.9 Å². The summed E-state index contributed by atoms with van der Waals surface area (Å²) in [4.78, 5) is 17.2. The van der Waals surface area contributed by atoms with E-state index in [1.165, 1.54) is 0 Å². The molecule has 1 amide bonds. The predicted octanol–water partition coefficient (Wildman–Crippen LogP) is 5.40. The highest BCUT2D eigenvalue weighted by Gasteiger charge is 2.40. The van der Waals surface area contributed by atoms with Gasteiger partial charge in [0.1, 0.15) is 11.7 Å². The molecule has 0 fully saturated rings. The highest BCUT2D eigenvalue weighted by molar-refractivity contribution is 7.80. The Kier molecular flexibility index (Phi) is 8.01. The first-order valence-corrected chi connectivity index (χ1v) is 12.4. The maximum absolute atomic E-state index is 11.8. The second-order valence-electron chi connectivity index (χ2n) is 9.08. The zero-order valence-corrected chi connectivity index (χ0v) is 19.5. The van der Waals surface area contributed by atoms with Gasteiger partial charge in [-0.3, -0.25) is 0 Å². The number of amides is 1. The molecular formula is C20H33NO4SSi. The number of carbonyl (C=O) groups is 1. The average Bonchev–Trinajstić information content (AvgIpc) is 2.50. The molecule has 0 aromatic heterocycles. The first-order valence-electron chi connectivity index (χ1n) is 9.13. The predicted molar refractivity (Wildman–Crippen MR) is 115 cm³/mol. The summed E-state index contributed by atoms with van der Waals surface area (Å²) in [5.41, 5.74) is 2.74. The van der Waals surface area contributed by atoms with Crippen LogP contribution in [0, 0.1) is 0 Å². The van der Waals surface area contributed by atoms with Crippen molar-refractivity contribution in [3.63, 3.8) is 0 Å². The van der Waals surface area contributed by atoms with Gasteiger partial charge in [0, 0.05) is 6.42 Å². The summed E-state index contributed by atoms with van der Waals surface area (Å²) in [6.07, 6.45) is -0.559. The van der Waals surface area contributed by atoms with Crippen molar-refractivity contribution in [1.82, 2.24) is 5.48 Å². The minimum absolute atomic E-state index is 0.0240. The summed E-state index contributed by atoms with van der Waals surface area (Å²) in [5, 5.41) is 0.213. The largest absolute Gasteiger partial charge is 0.442 e. The molecule has 1 N–H and O–H groups in total. The summed E-state index contributed by atoms with van der Waals surface area (Å²) >= 11 is 5.43. The zero-order valence-electron chi connectivity index (χ0n) is 17.7. The number of ether oxygens (including phenoxy) is 1. The lowest BCUT2D eigenvalue weighted by Crippen LogP contribution is -2.47. The Morgan fingerprint density at radius 3 is 2.15 bits per heavy atom. The van der Waals surface area contributed by atoms with Crippen molar-refractivity contribution in [2.75, 3.05) is 0 Å². The molecule has 0 heterocycles. The molecule has 1 unspecified atom stereocenters. The third-order valence-corrected chi connectivity index (χ3v) is 9.24. The number of hydroxylamine groups is 1. The summed E-state index contributed by atoms with van der Waals surface area (Å²) in [6, 6.07) is 9.95. The number of hydrogen-bond acceptors (Lipinski definition) is 5. The van der Waals surface area contributed by atoms with Crippen LogP contribution in [0.2, 0.25) is 18.1 Å². The van der Waals surface area contributed by atoms with Crippen LogP contribution in [0.1, 0.15) is 47.1 Å². The molecule has 27 heavy (non-hydrogen) atoms. The summed E-state index contributed by atoms with van der Waals surface area (Å²) in [7, 11) is -2.09. The van der Waals surface area contributed by atoms with E-state index in [4.69, 9.17) is 26.2 Å². The number of rotatable bonds is 5. The van der Waals surface area contributed by atoms with Crippen molar-refractivity contribution in [3.8, 4) is 0 Å². The topological polar surface area (TPSA) is 56.8 Å². The van der Waals surface area contributed by atoms with Crippen molar-refractivity contribution >= 4 is 31.7 Å². The van der Waals surface area contributed by atoms with Crippen LogP contribution in [0.4, 0.5) is 4.79 Å². The molecule has 0 saturated heterocycles. The van der Waals surface area contributed by atoms with Crippen LogP contribution in [0.3, 0.4) is 0 Å². The monoisotopic (exact) mass is 411 g/mol. The molecule has 1 atom stereocenters. The molecule has 0 aliphatic heterocycles. The van der Waals surface area contributed by atoms with E-state index < -0.39 is 26.1 Å². The van der Waals surface area contributed by atoms with E-state index in [2.05, 4.69) is 39.3 Å². The van der Waals surface area contributed by atoms with Gasteiger partial charge in [-0.1, -0.05) is 51.1 Å². The Morgan fingerprint density at radius 2 is 1.67 bits per heavy atom. The van der Waals surface area contributed by atoms with E-state index in [9.17, 15) is 4.79 Å². The highest BCUT2D eigenvalue weighted by Crippen LogP contribution is 2.37. The lowest BCUT2D eigenvalue weighted by Gasteiger charge is -2.39. The number of thiocarbonyl (C=S) groups is 1. The minimum atomic E-state index is -2.09. The highest BCUT2D eigenvalue weighted by atomic mass is 32.1. The Hall–Kier alpha value is -1.44. The lowest BCUT2D eigenvalue weighted by molar-refractivity contribution is 0.0239. The molecule has 0 spiro atoms. The first kappa shape index (κ1) is 23.6. The van der Waals surface area contributed by atoms with Gasteiger partial charge >= 0.3 is 6.09 Å². The fraction of sp³-hybridized carbons (Fsp3) is 0.600. The van der Waals surface area contributed by atoms with Gasteiger partial charge in [-0.2, -0.15) is 5.48 Å². The molecule has 0 bridgehead atoms. The van der Waals surface area contributed by atoms with Gasteiger partial charge in [-0.05, 0) is 56.7 Å². The van der Waals surface area contributed by atoms with Crippen molar-refractivity contribution in [1.29, 1.82) is 0 Å². The van der Waals surface area contributed by atoms with Crippen LogP contribution in [0.5, 0.6) is 0 Å². The first-order chi connectivity index (χ1) is 12.2. The van der Waals surface area contributed by atoms with Gasteiger partial charge in [-0.25, -0.2) is 4.79 Å². The Morgan fingerprint density at radius 1 is 1.11 bits per heavy atom. The van der Waals surface area contributed by atoms with Gasteiger partial charge in [0.2, 0.25) is 5.05 Å². The third-order valence-electron chi connectivity index (χ3n) is 4.40. The van der Waals surface area contributed by atoms with Crippen molar-refractivity contribution < 1.29 is 18.8 Å². The van der Waals surface area contributed by atoms with E-state index in [1.807, 2.05) is 30.3 Å². The molecule has 5 nitrogen and oxygen atoms in total. The van der Waals surface area contributed by atoms with Crippen LogP contribution in [0.15, 0.2) is 30.3 Å². The molecule has 1 aromatic rings. The van der Waals surface area contributed by atoms with Crippen LogP contribution in [-0.4, -0.2) is 31.2 Å². The fourth-order valence-corrected chi connectivity index (χ4v) is 3.50. The minimum Gasteiger partial charge on any atom is -0.442 e. The Labute approximate surface area is 169 Å². The number of benzene rings is 1. The van der Waals surface area contributed by atoms with E-state index in [-0.39, 0.29) is 10.1 Å². The van der Waals surface area contributed by atoms with Crippen LogP contribution in [-0.2, 0) is 20.4 Å². The fourth-order valence-electron chi connectivity index (χ4n) is 1.99. The van der Waals surface area contributed by atoms with E-state index in [1.54, 1.807) is 20.8 Å². The normalized spacial score (nSPS) is 13.6. The van der Waals surface area contributed by atoms with Gasteiger partial charge in [0.05, 0.1) is 0 Å². The van der Waals surface area contributed by atoms with E-state index >= 15 is 0 Å². The van der Waals surface area contributed by atoms with Crippen LogP contribution < -0.4 is 5.48 Å². The Balaban J connectivity index is 2.86. The molecule has 1 rings (SSSR count). The van der Waals surface area contributed by atoms with Gasteiger partial charge < -0.3 is 14.0 Å². The standard InChI is InChI=1S/C20H33NO4SSi/c1-19(2,3)23-18(22)21-24-17(26)16(14-15-12-10-9-11-13-15)25-27(7,8)20(4,5)6/h9-13,16H,14H2,1-8H3,(H,21,22). The summed E-state index contributed by atoms with van der Waals surface area (Å²) < 4.78 is 11.7. The van der Waals surface area contributed by atoms with Gasteiger partial charge in [-0.15, -0.1) is 0 Å². The molecule has 0 radical (unpaired) electrons. The third kappa shape index (κ3) is 8.40. The number of carbonyl (C=O) groups excluding carboxylic acids is 1. The maximum Gasteiger partial charge on any atom is 0.441 e. The molecular weight excluding hydrogens is 378 g/mol. The molecule has 1 aromatic carbocycles. The molecule has 0 saturated carbocycles.